The van der Waals surface area contributed by atoms with Crippen LogP contribution in [0.15, 0.2) is 97.1 Å². The summed E-state index contributed by atoms with van der Waals surface area (Å²) in [7, 11) is 0. The normalized spacial score (nSPS) is 12.8. The van der Waals surface area contributed by atoms with Crippen molar-refractivity contribution < 1.29 is 10.2 Å². The summed E-state index contributed by atoms with van der Waals surface area (Å²) in [5.74, 6) is 0.571. The van der Waals surface area contributed by atoms with Gasteiger partial charge in [0.15, 0.2) is 5.75 Å². The summed E-state index contributed by atoms with van der Waals surface area (Å²) < 4.78 is 0. The lowest BCUT2D eigenvalue weighted by molar-refractivity contribution is 0.327. The summed E-state index contributed by atoms with van der Waals surface area (Å²) >= 11 is 0. The largest absolute Gasteiger partial charge is 0.507 e. The number of rotatable bonds is 4. The fourth-order valence-corrected chi connectivity index (χ4v) is 6.42. The van der Waals surface area contributed by atoms with Crippen LogP contribution < -0.4 is 0 Å². The average molecular weight is 638 g/mol. The van der Waals surface area contributed by atoms with Gasteiger partial charge in [-0.1, -0.05) is 156 Å². The first kappa shape index (κ1) is 35.0. The number of phenolic OH excluding ortho intramolecular Hbond substituents is 1. The Hall–Kier alpha value is -4.30. The van der Waals surface area contributed by atoms with E-state index in [4.69, 9.17) is 0 Å². The number of hydrogen-bond donors (Lipinski definition) is 1. The molecule has 0 spiro atoms. The zero-order valence-electron chi connectivity index (χ0n) is 31.1. The number of hydrogen-bond acceptors (Lipinski definition) is 1. The number of aromatic hydroxyl groups is 1. The van der Waals surface area contributed by atoms with Gasteiger partial charge in [-0.05, 0) is 90.4 Å². The lowest BCUT2D eigenvalue weighted by Crippen LogP contribution is -2.17. The van der Waals surface area contributed by atoms with Gasteiger partial charge >= 0.3 is 0 Å². The molecule has 0 fully saturated rings. The summed E-state index contributed by atoms with van der Waals surface area (Å²) in [5.41, 5.74) is 12.0. The van der Waals surface area contributed by atoms with Crippen LogP contribution in [0, 0.1) is 0 Å². The number of benzene rings is 5. The Labute approximate surface area is 289 Å². The van der Waals surface area contributed by atoms with Gasteiger partial charge < -0.3 is 5.11 Å². The lowest BCUT2D eigenvalue weighted by atomic mass is 9.77. The van der Waals surface area contributed by atoms with Crippen LogP contribution in [-0.2, 0) is 26.8 Å². The zero-order chi connectivity index (χ0) is 35.4. The fraction of sp³-hybridized carbons (Fsp3) is 0.348. The molecule has 2 heteroatoms. The second-order valence-electron chi connectivity index (χ2n) is 17.6. The summed E-state index contributed by atoms with van der Waals surface area (Å²) in [4.78, 5) is 0. The van der Waals surface area contributed by atoms with E-state index < -0.39 is 0 Å². The topological polar surface area (TPSA) is 40.1 Å². The van der Waals surface area contributed by atoms with E-state index in [1.54, 1.807) is 0 Å². The SMILES string of the molecule is CC(C)(C)c1cc(-c2ccc(-c3ccc(-c4ccc(-c5cc(C(C)(C)C)c(O)c(C(C)(C)C)c5)cc4)cc3)cc2)cc(C(C)(C)C)c1[O]. The fourth-order valence-electron chi connectivity index (χ4n) is 6.42. The Bertz CT molecular complexity index is 1700. The van der Waals surface area contributed by atoms with Crippen molar-refractivity contribution in [2.24, 2.45) is 0 Å². The van der Waals surface area contributed by atoms with Crippen LogP contribution in [0.4, 0.5) is 0 Å². The van der Waals surface area contributed by atoms with Gasteiger partial charge in [-0.3, -0.25) is 5.11 Å². The van der Waals surface area contributed by atoms with Crippen molar-refractivity contribution in [1.29, 1.82) is 0 Å². The maximum absolute atomic E-state index is 13.4. The van der Waals surface area contributed by atoms with Gasteiger partial charge in [0.1, 0.15) is 5.75 Å². The van der Waals surface area contributed by atoms with Gasteiger partial charge in [0.05, 0.1) is 0 Å². The van der Waals surface area contributed by atoms with E-state index in [1.165, 1.54) is 5.56 Å². The van der Waals surface area contributed by atoms with Gasteiger partial charge in [0.2, 0.25) is 0 Å². The lowest BCUT2D eigenvalue weighted by Gasteiger charge is -2.28. The Morgan fingerprint density at radius 2 is 0.521 bits per heavy atom. The maximum Gasteiger partial charge on any atom is 0.186 e. The first-order chi connectivity index (χ1) is 22.1. The maximum atomic E-state index is 13.4. The molecule has 0 aliphatic heterocycles. The Morgan fingerprint density at radius 1 is 0.333 bits per heavy atom. The molecule has 0 aliphatic rings. The molecule has 48 heavy (non-hydrogen) atoms. The van der Waals surface area contributed by atoms with Gasteiger partial charge in [-0.15, -0.1) is 0 Å². The van der Waals surface area contributed by atoms with Crippen molar-refractivity contribution >= 4 is 0 Å². The average Bonchev–Trinajstić information content (AvgIpc) is 2.99. The molecule has 2 nitrogen and oxygen atoms in total. The molecule has 1 radical (unpaired) electrons. The molecule has 0 aliphatic carbocycles. The molecule has 0 bridgehead atoms. The zero-order valence-corrected chi connectivity index (χ0v) is 31.1. The van der Waals surface area contributed by atoms with Crippen molar-refractivity contribution in [3.05, 3.63) is 119 Å². The summed E-state index contributed by atoms with van der Waals surface area (Å²) in [6.07, 6.45) is 0. The minimum atomic E-state index is -0.230. The molecule has 0 unspecified atom stereocenters. The van der Waals surface area contributed by atoms with E-state index in [0.29, 0.717) is 5.75 Å². The quantitative estimate of drug-likeness (QED) is 0.209. The third-order valence-electron chi connectivity index (χ3n) is 9.42. The Kier molecular flexibility index (Phi) is 8.97. The molecule has 0 aromatic heterocycles. The minimum absolute atomic E-state index is 0.162. The third kappa shape index (κ3) is 7.24. The van der Waals surface area contributed by atoms with Crippen molar-refractivity contribution in [1.82, 2.24) is 0 Å². The van der Waals surface area contributed by atoms with Gasteiger partial charge in [0.25, 0.3) is 0 Å². The van der Waals surface area contributed by atoms with Crippen LogP contribution in [0.1, 0.15) is 105 Å². The second kappa shape index (κ2) is 12.3. The van der Waals surface area contributed by atoms with Crippen LogP contribution in [0.3, 0.4) is 0 Å². The van der Waals surface area contributed by atoms with Gasteiger partial charge in [-0.25, -0.2) is 0 Å². The molecule has 0 saturated carbocycles. The molecule has 1 N–H and O–H groups in total. The smallest absolute Gasteiger partial charge is 0.186 e. The monoisotopic (exact) mass is 637 g/mol. The minimum Gasteiger partial charge on any atom is -0.507 e. The Morgan fingerprint density at radius 3 is 0.729 bits per heavy atom. The summed E-state index contributed by atoms with van der Waals surface area (Å²) in [6, 6.07) is 34.6. The van der Waals surface area contributed by atoms with E-state index in [-0.39, 0.29) is 27.4 Å². The van der Waals surface area contributed by atoms with E-state index in [9.17, 15) is 10.2 Å². The van der Waals surface area contributed by atoms with Gasteiger partial charge in [-0.2, -0.15) is 0 Å². The summed E-state index contributed by atoms with van der Waals surface area (Å²) in [6.45, 7) is 25.6. The van der Waals surface area contributed by atoms with Crippen molar-refractivity contribution in [2.75, 3.05) is 0 Å². The highest BCUT2D eigenvalue weighted by Gasteiger charge is 2.29. The molecule has 249 valence electrons. The first-order valence-electron chi connectivity index (χ1n) is 17.2. The van der Waals surface area contributed by atoms with Crippen molar-refractivity contribution in [2.45, 2.75) is 105 Å². The van der Waals surface area contributed by atoms with Gasteiger partial charge in [0, 0.05) is 22.3 Å². The third-order valence-corrected chi connectivity index (χ3v) is 9.42. The van der Waals surface area contributed by atoms with Crippen LogP contribution in [0.2, 0.25) is 0 Å². The van der Waals surface area contributed by atoms with E-state index in [0.717, 1.165) is 61.2 Å². The van der Waals surface area contributed by atoms with Crippen LogP contribution >= 0.6 is 0 Å². The van der Waals surface area contributed by atoms with Crippen molar-refractivity contribution in [3.8, 4) is 56.0 Å². The van der Waals surface area contributed by atoms with Crippen molar-refractivity contribution in [3.63, 3.8) is 0 Å². The number of phenols is 1. The molecule has 0 atom stereocenters. The molecule has 0 amide bonds. The standard InChI is InChI=1S/C46H53O2/c1-43(2,3)37-25-35(26-38(41(37)47)44(4,5)6)33-21-17-31(18-22-33)29-13-15-30(16-14-29)32-19-23-34(24-20-32)36-27-39(45(7,8)9)42(48)40(28-36)46(10,11)12/h13-28,47H,1-12H3. The molecular weight excluding hydrogens is 585 g/mol. The molecule has 5 aromatic rings. The van der Waals surface area contributed by atoms with Crippen LogP contribution in [0.5, 0.6) is 11.5 Å². The molecule has 0 heterocycles. The van der Waals surface area contributed by atoms with E-state index in [2.05, 4.69) is 180 Å². The second-order valence-corrected chi connectivity index (χ2v) is 17.6. The highest BCUT2D eigenvalue weighted by molar-refractivity contribution is 5.76. The highest BCUT2D eigenvalue weighted by atomic mass is 16.3. The predicted octanol–water partition coefficient (Wildman–Crippen LogP) is 13.4. The predicted molar refractivity (Wildman–Crippen MR) is 205 cm³/mol. The first-order valence-corrected chi connectivity index (χ1v) is 17.2. The van der Waals surface area contributed by atoms with E-state index >= 15 is 0 Å². The van der Waals surface area contributed by atoms with E-state index in [1.807, 2.05) is 0 Å². The van der Waals surface area contributed by atoms with Crippen LogP contribution in [0.25, 0.3) is 44.5 Å². The summed E-state index contributed by atoms with van der Waals surface area (Å²) in [5, 5.41) is 24.6. The highest BCUT2D eigenvalue weighted by Crippen LogP contribution is 2.44. The molecule has 5 aromatic carbocycles. The molecule has 0 saturated heterocycles. The molecular formula is C46H53O2. The molecule has 5 rings (SSSR count). The van der Waals surface area contributed by atoms with Crippen LogP contribution in [-0.4, -0.2) is 5.11 Å². The Balaban J connectivity index is 1.41.